The van der Waals surface area contributed by atoms with Crippen molar-refractivity contribution < 1.29 is 0 Å². The average Bonchev–Trinajstić information content (AvgIpc) is 3.26. The molecule has 8 nitrogen and oxygen atoms in total. The summed E-state index contributed by atoms with van der Waals surface area (Å²) in [4.78, 5) is 15.5. The Kier molecular flexibility index (Phi) is 6.72. The lowest BCUT2D eigenvalue weighted by Gasteiger charge is -2.22. The number of fused-ring (bicyclic) bond motifs is 2. The zero-order chi connectivity index (χ0) is 17.9. The number of rotatable bonds is 4. The van der Waals surface area contributed by atoms with Crippen LogP contribution in [0.2, 0.25) is 0 Å². The topological polar surface area (TPSA) is 83.3 Å². The van der Waals surface area contributed by atoms with Gasteiger partial charge in [-0.05, 0) is 24.7 Å². The number of guanidine groups is 1. The predicted molar refractivity (Wildman–Crippen MR) is 119 cm³/mol. The van der Waals surface area contributed by atoms with Gasteiger partial charge in [0.05, 0.1) is 11.6 Å². The van der Waals surface area contributed by atoms with Crippen LogP contribution in [0, 0.1) is 11.8 Å². The monoisotopic (exact) mass is 484 g/mol. The second-order valence-electron chi connectivity index (χ2n) is 7.34. The van der Waals surface area contributed by atoms with Gasteiger partial charge in [-0.15, -0.1) is 24.0 Å². The molecule has 148 valence electrons. The smallest absolute Gasteiger partial charge is 0.193 e. The number of aromatic nitrogens is 4. The molecule has 2 N–H and O–H groups in total. The zero-order valence-corrected chi connectivity index (χ0v) is 18.4. The minimum absolute atomic E-state index is 0. The maximum Gasteiger partial charge on any atom is 0.193 e. The highest BCUT2D eigenvalue weighted by Gasteiger charge is 2.35. The number of halogens is 1. The van der Waals surface area contributed by atoms with Crippen molar-refractivity contribution in [2.24, 2.45) is 23.9 Å². The lowest BCUT2D eigenvalue weighted by atomic mass is 9.82. The Morgan fingerprint density at radius 1 is 1.19 bits per heavy atom. The van der Waals surface area contributed by atoms with Gasteiger partial charge in [0.25, 0.3) is 0 Å². The van der Waals surface area contributed by atoms with Crippen molar-refractivity contribution in [3.05, 3.63) is 12.5 Å². The van der Waals surface area contributed by atoms with Crippen LogP contribution in [0.5, 0.6) is 0 Å². The van der Waals surface area contributed by atoms with E-state index in [4.69, 9.17) is 0 Å². The third kappa shape index (κ3) is 4.27. The Balaban J connectivity index is 0.00000210. The predicted octanol–water partition coefficient (Wildman–Crippen LogP) is 2.09. The molecule has 1 aliphatic heterocycles. The van der Waals surface area contributed by atoms with Crippen LogP contribution in [0.4, 0.5) is 5.82 Å². The van der Waals surface area contributed by atoms with E-state index in [1.807, 2.05) is 14.1 Å². The zero-order valence-electron chi connectivity index (χ0n) is 16.1. The molecule has 4 rings (SSSR count). The first-order valence-electron chi connectivity index (χ1n) is 9.58. The summed E-state index contributed by atoms with van der Waals surface area (Å²) in [5.74, 6) is 3.57. The lowest BCUT2D eigenvalue weighted by Crippen LogP contribution is -2.42. The fourth-order valence-electron chi connectivity index (χ4n) is 4.37. The molecule has 27 heavy (non-hydrogen) atoms. The number of hydrogen-bond acceptors (Lipinski definition) is 5. The molecule has 2 aliphatic rings. The Morgan fingerprint density at radius 3 is 2.63 bits per heavy atom. The van der Waals surface area contributed by atoms with Crippen molar-refractivity contribution in [1.82, 2.24) is 30.0 Å². The van der Waals surface area contributed by atoms with Gasteiger partial charge in [0.15, 0.2) is 11.6 Å². The van der Waals surface area contributed by atoms with Gasteiger partial charge >= 0.3 is 0 Å². The quantitative estimate of drug-likeness (QED) is 0.300. The number of aliphatic imine (C=N–C) groups is 1. The van der Waals surface area contributed by atoms with E-state index in [0.29, 0.717) is 0 Å². The maximum absolute atomic E-state index is 4.49. The van der Waals surface area contributed by atoms with Crippen LogP contribution in [-0.4, -0.2) is 63.8 Å². The van der Waals surface area contributed by atoms with Gasteiger partial charge in [-0.25, -0.2) is 9.97 Å². The number of nitrogens with one attached hydrogen (secondary N) is 2. The Morgan fingerprint density at radius 2 is 1.93 bits per heavy atom. The van der Waals surface area contributed by atoms with E-state index < -0.39 is 0 Å². The Hall–Kier alpha value is -1.65. The molecule has 0 amide bonds. The largest absolute Gasteiger partial charge is 0.368 e. The number of hydrogen-bond donors (Lipinski definition) is 2. The molecule has 3 heterocycles. The molecule has 1 saturated carbocycles. The molecule has 2 fully saturated rings. The van der Waals surface area contributed by atoms with Crippen molar-refractivity contribution in [2.45, 2.75) is 25.7 Å². The summed E-state index contributed by atoms with van der Waals surface area (Å²) in [6.45, 7) is 3.87. The third-order valence-corrected chi connectivity index (χ3v) is 5.72. The molecule has 1 aliphatic carbocycles. The summed E-state index contributed by atoms with van der Waals surface area (Å²) in [7, 11) is 3.76. The summed E-state index contributed by atoms with van der Waals surface area (Å²) < 4.78 is 1.76. The average molecular weight is 484 g/mol. The standard InChI is InChI=1S/C18H28N8.HI/c1-19-18(26-10-13-5-3-4-6-14(13)11-26)21-8-7-20-16-15-9-24-25(2)17(15)23-12-22-16;/h9,12-14H,3-8,10-11H2,1-2H3,(H,19,21)(H,20,22,23);1H. The Labute approximate surface area is 177 Å². The maximum atomic E-state index is 4.49. The minimum Gasteiger partial charge on any atom is -0.368 e. The first-order valence-corrected chi connectivity index (χ1v) is 9.58. The molecule has 2 atom stereocenters. The second kappa shape index (κ2) is 9.03. The highest BCUT2D eigenvalue weighted by atomic mass is 127. The van der Waals surface area contributed by atoms with Crippen LogP contribution in [0.15, 0.2) is 17.5 Å². The molecule has 2 aromatic rings. The summed E-state index contributed by atoms with van der Waals surface area (Å²) in [5, 5.41) is 12.1. The third-order valence-electron chi connectivity index (χ3n) is 5.72. The highest BCUT2D eigenvalue weighted by Crippen LogP contribution is 2.35. The Bertz CT molecular complexity index is 775. The second-order valence-corrected chi connectivity index (χ2v) is 7.34. The van der Waals surface area contributed by atoms with E-state index in [1.54, 1.807) is 17.2 Å². The van der Waals surface area contributed by atoms with Gasteiger partial charge in [0, 0.05) is 40.3 Å². The normalized spacial score (nSPS) is 22.4. The van der Waals surface area contributed by atoms with Gasteiger partial charge in [0.1, 0.15) is 12.1 Å². The van der Waals surface area contributed by atoms with Crippen molar-refractivity contribution in [1.29, 1.82) is 0 Å². The summed E-state index contributed by atoms with van der Waals surface area (Å²) >= 11 is 0. The van der Waals surface area contributed by atoms with E-state index in [0.717, 1.165) is 60.8 Å². The van der Waals surface area contributed by atoms with Crippen LogP contribution >= 0.6 is 24.0 Å². The fraction of sp³-hybridized carbons (Fsp3) is 0.667. The van der Waals surface area contributed by atoms with Crippen LogP contribution in [0.1, 0.15) is 25.7 Å². The molecule has 1 saturated heterocycles. The molecule has 2 unspecified atom stereocenters. The summed E-state index contributed by atoms with van der Waals surface area (Å²) in [5.41, 5.74) is 0.839. The summed E-state index contributed by atoms with van der Waals surface area (Å²) in [6, 6.07) is 0. The molecular formula is C18H29IN8. The molecule has 2 aromatic heterocycles. The highest BCUT2D eigenvalue weighted by molar-refractivity contribution is 14.0. The number of anilines is 1. The van der Waals surface area contributed by atoms with Gasteiger partial charge in [-0.2, -0.15) is 5.10 Å². The van der Waals surface area contributed by atoms with Gasteiger partial charge in [-0.3, -0.25) is 9.67 Å². The van der Waals surface area contributed by atoms with E-state index in [-0.39, 0.29) is 24.0 Å². The van der Waals surface area contributed by atoms with Gasteiger partial charge in [0.2, 0.25) is 0 Å². The minimum atomic E-state index is 0. The fourth-order valence-corrected chi connectivity index (χ4v) is 4.37. The van der Waals surface area contributed by atoms with Crippen LogP contribution in [-0.2, 0) is 7.05 Å². The molecule has 9 heteroatoms. The molecule has 0 radical (unpaired) electrons. The van der Waals surface area contributed by atoms with E-state index in [2.05, 4.69) is 35.6 Å². The van der Waals surface area contributed by atoms with Crippen molar-refractivity contribution in [3.63, 3.8) is 0 Å². The van der Waals surface area contributed by atoms with Crippen molar-refractivity contribution in [2.75, 3.05) is 38.5 Å². The number of aryl methyl sites for hydroxylation is 1. The van der Waals surface area contributed by atoms with E-state index in [1.165, 1.54) is 25.7 Å². The first kappa shape index (κ1) is 20.1. The summed E-state index contributed by atoms with van der Waals surface area (Å²) in [6.07, 6.45) is 8.93. The van der Waals surface area contributed by atoms with E-state index in [9.17, 15) is 0 Å². The number of likely N-dealkylation sites (tertiary alicyclic amines) is 1. The first-order chi connectivity index (χ1) is 12.8. The van der Waals surface area contributed by atoms with Gasteiger partial charge < -0.3 is 15.5 Å². The lowest BCUT2D eigenvalue weighted by molar-refractivity contribution is 0.299. The van der Waals surface area contributed by atoms with Crippen LogP contribution < -0.4 is 10.6 Å². The molecule has 0 bridgehead atoms. The van der Waals surface area contributed by atoms with Gasteiger partial charge in [-0.1, -0.05) is 12.8 Å². The SMILES string of the molecule is CN=C(NCCNc1ncnc2c1cnn2C)N1CC2CCCCC2C1.I. The van der Waals surface area contributed by atoms with Crippen LogP contribution in [0.3, 0.4) is 0 Å². The van der Waals surface area contributed by atoms with Crippen LogP contribution in [0.25, 0.3) is 11.0 Å². The molecule has 0 spiro atoms. The molecule has 0 aromatic carbocycles. The van der Waals surface area contributed by atoms with E-state index >= 15 is 0 Å². The van der Waals surface area contributed by atoms with Crippen molar-refractivity contribution >= 4 is 46.8 Å². The number of nitrogens with zero attached hydrogens (tertiary/aromatic N) is 6. The molecular weight excluding hydrogens is 455 g/mol. The van der Waals surface area contributed by atoms with Crippen molar-refractivity contribution in [3.8, 4) is 0 Å².